The number of para-hydroxylation sites is 1. The molecular formula is C22H32N6O2. The fourth-order valence-electron chi connectivity index (χ4n) is 4.56. The van der Waals surface area contributed by atoms with Crippen LogP contribution in [0.3, 0.4) is 0 Å². The number of hydrogen-bond donors (Lipinski definition) is 4. The summed E-state index contributed by atoms with van der Waals surface area (Å²) in [5.41, 5.74) is 2.39. The van der Waals surface area contributed by atoms with Gasteiger partial charge in [0.2, 0.25) is 0 Å². The molecule has 0 spiro atoms. The Morgan fingerprint density at radius 3 is 2.70 bits per heavy atom. The van der Waals surface area contributed by atoms with Crippen LogP contribution in [0.2, 0.25) is 0 Å². The Morgan fingerprint density at radius 2 is 1.97 bits per heavy atom. The molecule has 162 valence electrons. The molecule has 0 bridgehead atoms. The molecule has 2 fully saturated rings. The van der Waals surface area contributed by atoms with Crippen molar-refractivity contribution in [1.82, 2.24) is 20.4 Å². The van der Waals surface area contributed by atoms with E-state index < -0.39 is 0 Å². The Balaban J connectivity index is 1.42. The van der Waals surface area contributed by atoms with Crippen LogP contribution in [0.15, 0.2) is 30.3 Å². The molecule has 2 aliphatic heterocycles. The number of benzene rings is 1. The quantitative estimate of drug-likeness (QED) is 0.565. The van der Waals surface area contributed by atoms with Gasteiger partial charge in [-0.15, -0.1) is 10.2 Å². The van der Waals surface area contributed by atoms with Gasteiger partial charge >= 0.3 is 0 Å². The fraction of sp³-hybridized carbons (Fsp3) is 0.545. The number of piperidine rings is 1. The van der Waals surface area contributed by atoms with Gasteiger partial charge in [0.15, 0.2) is 5.82 Å². The van der Waals surface area contributed by atoms with Crippen molar-refractivity contribution in [3.05, 3.63) is 30.3 Å². The molecule has 2 atom stereocenters. The standard InChI is InChI=1S/C22H32N6O2/c1-23-22-20(13-19(25-26-22)18-4-2-3-5-21(18)30)28-10-8-27(9-11-28)14-16-6-7-24-17(12-16)15-29/h2-5,13,16-17,24,29-30H,6-12,14-15H2,1H3,(H,23,26). The molecule has 30 heavy (non-hydrogen) atoms. The maximum absolute atomic E-state index is 10.2. The third-order valence-corrected chi connectivity index (χ3v) is 6.24. The summed E-state index contributed by atoms with van der Waals surface area (Å²) in [5.74, 6) is 1.62. The summed E-state index contributed by atoms with van der Waals surface area (Å²) in [5, 5.41) is 34.8. The van der Waals surface area contributed by atoms with E-state index >= 15 is 0 Å². The van der Waals surface area contributed by atoms with Gasteiger partial charge in [-0.1, -0.05) is 12.1 Å². The van der Waals surface area contributed by atoms with Gasteiger partial charge in [0.1, 0.15) is 5.75 Å². The molecule has 0 radical (unpaired) electrons. The average molecular weight is 413 g/mol. The SMILES string of the molecule is CNc1nnc(-c2ccccc2O)cc1N1CCN(CC2CCNC(CO)C2)CC1. The van der Waals surface area contributed by atoms with Crippen LogP contribution in [0.1, 0.15) is 12.8 Å². The Labute approximate surface area is 177 Å². The van der Waals surface area contributed by atoms with Crippen molar-refractivity contribution in [3.8, 4) is 17.0 Å². The summed E-state index contributed by atoms with van der Waals surface area (Å²) in [6, 6.07) is 9.49. The van der Waals surface area contributed by atoms with Gasteiger partial charge in [0.05, 0.1) is 18.0 Å². The molecule has 0 aliphatic carbocycles. The Hall–Kier alpha value is -2.42. The average Bonchev–Trinajstić information content (AvgIpc) is 2.80. The second-order valence-electron chi connectivity index (χ2n) is 8.24. The molecule has 2 aromatic rings. The normalized spacial score (nSPS) is 22.8. The van der Waals surface area contributed by atoms with Gasteiger partial charge in [0.25, 0.3) is 0 Å². The molecule has 4 N–H and O–H groups in total. The van der Waals surface area contributed by atoms with Crippen molar-refractivity contribution >= 4 is 11.5 Å². The number of aliphatic hydroxyl groups excluding tert-OH is 1. The molecule has 0 amide bonds. The number of phenolic OH excluding ortho intramolecular Hbond substituents is 1. The largest absolute Gasteiger partial charge is 0.507 e. The van der Waals surface area contributed by atoms with Crippen LogP contribution < -0.4 is 15.5 Å². The zero-order valence-corrected chi connectivity index (χ0v) is 17.6. The van der Waals surface area contributed by atoms with E-state index in [0.717, 1.165) is 57.2 Å². The summed E-state index contributed by atoms with van der Waals surface area (Å²) in [6.07, 6.45) is 2.23. The maximum atomic E-state index is 10.2. The van der Waals surface area contributed by atoms with E-state index in [0.29, 0.717) is 17.2 Å². The summed E-state index contributed by atoms with van der Waals surface area (Å²) < 4.78 is 0. The fourth-order valence-corrected chi connectivity index (χ4v) is 4.56. The van der Waals surface area contributed by atoms with E-state index in [4.69, 9.17) is 0 Å². The van der Waals surface area contributed by atoms with E-state index in [1.165, 1.54) is 6.42 Å². The minimum atomic E-state index is 0.211. The number of aromatic nitrogens is 2. The predicted octanol–water partition coefficient (Wildman–Crippen LogP) is 1.37. The lowest BCUT2D eigenvalue weighted by Gasteiger charge is -2.39. The van der Waals surface area contributed by atoms with E-state index in [9.17, 15) is 10.2 Å². The number of anilines is 2. The second kappa shape index (κ2) is 9.59. The Kier molecular flexibility index (Phi) is 6.66. The molecule has 2 unspecified atom stereocenters. The number of aromatic hydroxyl groups is 1. The minimum absolute atomic E-state index is 0.211. The molecule has 1 aromatic heterocycles. The Morgan fingerprint density at radius 1 is 1.17 bits per heavy atom. The smallest absolute Gasteiger partial charge is 0.172 e. The van der Waals surface area contributed by atoms with Gasteiger partial charge in [0, 0.05) is 51.4 Å². The van der Waals surface area contributed by atoms with Crippen LogP contribution in [-0.2, 0) is 0 Å². The van der Waals surface area contributed by atoms with Gasteiger partial charge in [-0.2, -0.15) is 0 Å². The second-order valence-corrected chi connectivity index (χ2v) is 8.24. The van der Waals surface area contributed by atoms with Gasteiger partial charge in [-0.3, -0.25) is 4.90 Å². The molecule has 2 aliphatic rings. The van der Waals surface area contributed by atoms with Crippen molar-refractivity contribution in [1.29, 1.82) is 0 Å². The van der Waals surface area contributed by atoms with E-state index in [1.807, 2.05) is 25.2 Å². The third-order valence-electron chi connectivity index (χ3n) is 6.24. The Bertz CT molecular complexity index is 840. The first-order valence-corrected chi connectivity index (χ1v) is 10.8. The maximum Gasteiger partial charge on any atom is 0.172 e. The van der Waals surface area contributed by atoms with Crippen LogP contribution in [0.25, 0.3) is 11.3 Å². The van der Waals surface area contributed by atoms with E-state index in [2.05, 4.69) is 30.6 Å². The molecule has 3 heterocycles. The summed E-state index contributed by atoms with van der Waals surface area (Å²) in [7, 11) is 1.86. The number of hydrogen-bond acceptors (Lipinski definition) is 8. The zero-order chi connectivity index (χ0) is 20.9. The lowest BCUT2D eigenvalue weighted by atomic mass is 9.92. The van der Waals surface area contributed by atoms with Crippen molar-refractivity contribution < 1.29 is 10.2 Å². The first kappa shape index (κ1) is 20.8. The minimum Gasteiger partial charge on any atom is -0.507 e. The number of phenols is 1. The topological polar surface area (TPSA) is 96.8 Å². The van der Waals surface area contributed by atoms with Crippen molar-refractivity contribution in [3.63, 3.8) is 0 Å². The van der Waals surface area contributed by atoms with Crippen LogP contribution in [0, 0.1) is 5.92 Å². The molecule has 2 saturated heterocycles. The number of piperazine rings is 1. The van der Waals surface area contributed by atoms with Gasteiger partial charge < -0.3 is 25.7 Å². The molecule has 0 saturated carbocycles. The summed E-state index contributed by atoms with van der Waals surface area (Å²) >= 11 is 0. The highest BCUT2D eigenvalue weighted by molar-refractivity contribution is 5.74. The van der Waals surface area contributed by atoms with Crippen LogP contribution in [-0.4, -0.2) is 84.3 Å². The highest BCUT2D eigenvalue weighted by Gasteiger charge is 2.26. The summed E-state index contributed by atoms with van der Waals surface area (Å²) in [4.78, 5) is 4.89. The molecule has 8 nitrogen and oxygen atoms in total. The first-order chi connectivity index (χ1) is 14.7. The molecule has 4 rings (SSSR count). The number of aliphatic hydroxyl groups is 1. The lowest BCUT2D eigenvalue weighted by molar-refractivity contribution is 0.151. The van der Waals surface area contributed by atoms with Crippen molar-refractivity contribution in [2.24, 2.45) is 5.92 Å². The first-order valence-electron chi connectivity index (χ1n) is 10.8. The number of rotatable bonds is 6. The molecule has 8 heteroatoms. The van der Waals surface area contributed by atoms with Gasteiger partial charge in [-0.25, -0.2) is 0 Å². The monoisotopic (exact) mass is 412 g/mol. The van der Waals surface area contributed by atoms with E-state index in [1.54, 1.807) is 12.1 Å². The third kappa shape index (κ3) is 4.66. The summed E-state index contributed by atoms with van der Waals surface area (Å²) in [6.45, 7) is 6.19. The van der Waals surface area contributed by atoms with E-state index in [-0.39, 0.29) is 18.4 Å². The van der Waals surface area contributed by atoms with Crippen LogP contribution in [0.5, 0.6) is 5.75 Å². The zero-order valence-electron chi connectivity index (χ0n) is 17.6. The molecular weight excluding hydrogens is 380 g/mol. The lowest BCUT2D eigenvalue weighted by Crippen LogP contribution is -2.50. The molecule has 1 aromatic carbocycles. The highest BCUT2D eigenvalue weighted by Crippen LogP contribution is 2.32. The van der Waals surface area contributed by atoms with Crippen molar-refractivity contribution in [2.75, 3.05) is 63.1 Å². The van der Waals surface area contributed by atoms with Gasteiger partial charge in [-0.05, 0) is 43.5 Å². The van der Waals surface area contributed by atoms with Crippen LogP contribution >= 0.6 is 0 Å². The predicted molar refractivity (Wildman–Crippen MR) is 119 cm³/mol. The highest BCUT2D eigenvalue weighted by atomic mass is 16.3. The number of nitrogens with one attached hydrogen (secondary N) is 2. The number of nitrogens with zero attached hydrogens (tertiary/aromatic N) is 4. The van der Waals surface area contributed by atoms with Crippen molar-refractivity contribution in [2.45, 2.75) is 18.9 Å². The van der Waals surface area contributed by atoms with Crippen LogP contribution in [0.4, 0.5) is 11.5 Å².